The molecule has 0 bridgehead atoms. The Bertz CT molecular complexity index is 696. The number of hydrogen-bond donors (Lipinski definition) is 1. The molecule has 2 heterocycles. The molecule has 1 saturated heterocycles. The van der Waals surface area contributed by atoms with Gasteiger partial charge in [0.2, 0.25) is 0 Å². The number of likely N-dealkylation sites (tertiary alicyclic amines) is 1. The molecule has 1 amide bonds. The molecule has 1 unspecified atom stereocenters. The lowest BCUT2D eigenvalue weighted by Crippen LogP contribution is -2.40. The van der Waals surface area contributed by atoms with Gasteiger partial charge in [-0.25, -0.2) is 0 Å². The van der Waals surface area contributed by atoms with Gasteiger partial charge < -0.3 is 10.6 Å². The highest BCUT2D eigenvalue weighted by molar-refractivity contribution is 5.99. The average Bonchev–Trinajstić information content (AvgIpc) is 2.94. The third-order valence-electron chi connectivity index (χ3n) is 4.30. The third-order valence-corrected chi connectivity index (χ3v) is 4.30. The molecular formula is C17H21N3O. The summed E-state index contributed by atoms with van der Waals surface area (Å²) in [6, 6.07) is 8.26. The van der Waals surface area contributed by atoms with E-state index in [9.17, 15) is 4.79 Å². The van der Waals surface area contributed by atoms with E-state index in [0.717, 1.165) is 36.0 Å². The second-order valence-corrected chi connectivity index (χ2v) is 5.85. The van der Waals surface area contributed by atoms with Crippen LogP contribution in [0.4, 0.5) is 0 Å². The van der Waals surface area contributed by atoms with Crippen molar-refractivity contribution in [3.8, 4) is 0 Å². The van der Waals surface area contributed by atoms with E-state index in [1.807, 2.05) is 36.9 Å². The van der Waals surface area contributed by atoms with Crippen LogP contribution in [0.3, 0.4) is 0 Å². The number of hydrogen-bond acceptors (Lipinski definition) is 3. The zero-order chi connectivity index (χ0) is 15.0. The van der Waals surface area contributed by atoms with Crippen molar-refractivity contribution in [2.24, 2.45) is 5.73 Å². The lowest BCUT2D eigenvalue weighted by atomic mass is 10.1. The second-order valence-electron chi connectivity index (χ2n) is 5.85. The summed E-state index contributed by atoms with van der Waals surface area (Å²) >= 11 is 0. The summed E-state index contributed by atoms with van der Waals surface area (Å²) in [5.41, 5.74) is 9.39. The quantitative estimate of drug-likeness (QED) is 0.920. The van der Waals surface area contributed by atoms with Gasteiger partial charge in [0, 0.05) is 24.5 Å². The molecule has 4 heteroatoms. The summed E-state index contributed by atoms with van der Waals surface area (Å²) in [5, 5.41) is 1.01. The number of rotatable bonds is 2. The largest absolute Gasteiger partial charge is 0.334 e. The van der Waals surface area contributed by atoms with Crippen LogP contribution in [0.5, 0.6) is 0 Å². The topological polar surface area (TPSA) is 59.2 Å². The van der Waals surface area contributed by atoms with Gasteiger partial charge in [0.05, 0.1) is 16.8 Å². The van der Waals surface area contributed by atoms with Crippen molar-refractivity contribution in [2.75, 3.05) is 13.1 Å². The van der Waals surface area contributed by atoms with Crippen molar-refractivity contribution in [1.82, 2.24) is 9.88 Å². The van der Waals surface area contributed by atoms with Gasteiger partial charge in [-0.05, 0) is 44.4 Å². The highest BCUT2D eigenvalue weighted by Gasteiger charge is 2.29. The first kappa shape index (κ1) is 14.0. The van der Waals surface area contributed by atoms with E-state index in [1.54, 1.807) is 0 Å². The molecular weight excluding hydrogens is 262 g/mol. The summed E-state index contributed by atoms with van der Waals surface area (Å²) in [6.45, 7) is 5.28. The first-order valence-electron chi connectivity index (χ1n) is 7.49. The number of carbonyl (C=O) groups is 1. The number of carbonyl (C=O) groups excluding carboxylic acids is 1. The maximum atomic E-state index is 12.8. The Morgan fingerprint density at radius 1 is 1.38 bits per heavy atom. The van der Waals surface area contributed by atoms with Gasteiger partial charge in [-0.2, -0.15) is 0 Å². The summed E-state index contributed by atoms with van der Waals surface area (Å²) < 4.78 is 0. The fraction of sp³-hybridized carbons (Fsp3) is 0.412. The van der Waals surface area contributed by atoms with Gasteiger partial charge in [0.15, 0.2) is 0 Å². The van der Waals surface area contributed by atoms with Crippen molar-refractivity contribution >= 4 is 16.8 Å². The lowest BCUT2D eigenvalue weighted by Gasteiger charge is -2.24. The first-order valence-corrected chi connectivity index (χ1v) is 7.49. The smallest absolute Gasteiger partial charge is 0.256 e. The summed E-state index contributed by atoms with van der Waals surface area (Å²) in [6.07, 6.45) is 2.04. The molecule has 1 atom stereocenters. The van der Waals surface area contributed by atoms with Gasteiger partial charge in [0.25, 0.3) is 5.91 Å². The zero-order valence-corrected chi connectivity index (χ0v) is 12.6. The van der Waals surface area contributed by atoms with Gasteiger partial charge >= 0.3 is 0 Å². The van der Waals surface area contributed by atoms with E-state index in [0.29, 0.717) is 12.1 Å². The number of amides is 1. The molecule has 0 aliphatic carbocycles. The predicted molar refractivity (Wildman–Crippen MR) is 84.3 cm³/mol. The standard InChI is InChI=1S/C17H21N3O/c1-11-5-6-13-9-15(12(2)19-16(13)8-11)17(21)20-7-3-4-14(20)10-18/h5-6,8-9,14H,3-4,7,10,18H2,1-2H3. The lowest BCUT2D eigenvalue weighted by molar-refractivity contribution is 0.0740. The van der Waals surface area contributed by atoms with Gasteiger partial charge in [-0.1, -0.05) is 12.1 Å². The average molecular weight is 283 g/mol. The van der Waals surface area contributed by atoms with E-state index in [2.05, 4.69) is 11.1 Å². The predicted octanol–water partition coefficient (Wildman–Crippen LogP) is 2.41. The second kappa shape index (κ2) is 5.45. The number of benzene rings is 1. The number of aromatic nitrogens is 1. The number of pyridine rings is 1. The fourth-order valence-electron chi connectivity index (χ4n) is 3.09. The first-order chi connectivity index (χ1) is 10.1. The molecule has 3 rings (SSSR count). The molecule has 110 valence electrons. The normalized spacial score (nSPS) is 18.4. The van der Waals surface area contributed by atoms with Crippen molar-refractivity contribution in [3.05, 3.63) is 41.1 Å². The minimum atomic E-state index is 0.0652. The Labute approximate surface area is 125 Å². The van der Waals surface area contributed by atoms with Crippen molar-refractivity contribution in [3.63, 3.8) is 0 Å². The van der Waals surface area contributed by atoms with Crippen LogP contribution in [0.25, 0.3) is 10.9 Å². The Morgan fingerprint density at radius 3 is 2.95 bits per heavy atom. The number of nitrogens with zero attached hydrogens (tertiary/aromatic N) is 2. The highest BCUT2D eigenvalue weighted by Crippen LogP contribution is 2.23. The number of aryl methyl sites for hydroxylation is 2. The molecule has 4 nitrogen and oxygen atoms in total. The molecule has 2 N–H and O–H groups in total. The van der Waals surface area contributed by atoms with Crippen LogP contribution in [0.15, 0.2) is 24.3 Å². The molecule has 0 radical (unpaired) electrons. The Kier molecular flexibility index (Phi) is 3.64. The van der Waals surface area contributed by atoms with E-state index in [4.69, 9.17) is 5.73 Å². The SMILES string of the molecule is Cc1ccc2cc(C(=O)N3CCCC3CN)c(C)nc2c1. The van der Waals surface area contributed by atoms with E-state index in [-0.39, 0.29) is 11.9 Å². The zero-order valence-electron chi connectivity index (χ0n) is 12.6. The van der Waals surface area contributed by atoms with Crippen LogP contribution in [0.1, 0.15) is 34.5 Å². The van der Waals surface area contributed by atoms with Crippen molar-refractivity contribution < 1.29 is 4.79 Å². The monoisotopic (exact) mass is 283 g/mol. The molecule has 0 spiro atoms. The molecule has 1 aliphatic heterocycles. The molecule has 21 heavy (non-hydrogen) atoms. The van der Waals surface area contributed by atoms with Crippen LogP contribution in [-0.4, -0.2) is 34.9 Å². The highest BCUT2D eigenvalue weighted by atomic mass is 16.2. The summed E-state index contributed by atoms with van der Waals surface area (Å²) in [4.78, 5) is 19.3. The van der Waals surface area contributed by atoms with Crippen LogP contribution in [0.2, 0.25) is 0 Å². The summed E-state index contributed by atoms with van der Waals surface area (Å²) in [5.74, 6) is 0.0652. The third kappa shape index (κ3) is 2.51. The van der Waals surface area contributed by atoms with Crippen LogP contribution >= 0.6 is 0 Å². The van der Waals surface area contributed by atoms with E-state index < -0.39 is 0 Å². The van der Waals surface area contributed by atoms with E-state index >= 15 is 0 Å². The number of fused-ring (bicyclic) bond motifs is 1. The minimum absolute atomic E-state index is 0.0652. The van der Waals surface area contributed by atoms with E-state index in [1.165, 1.54) is 5.56 Å². The maximum Gasteiger partial charge on any atom is 0.256 e. The molecule has 0 saturated carbocycles. The Balaban J connectivity index is 2.01. The molecule has 1 aromatic heterocycles. The summed E-state index contributed by atoms with van der Waals surface area (Å²) in [7, 11) is 0. The number of nitrogens with two attached hydrogens (primary N) is 1. The van der Waals surface area contributed by atoms with Crippen LogP contribution in [-0.2, 0) is 0 Å². The Hall–Kier alpha value is -1.94. The van der Waals surface area contributed by atoms with Gasteiger partial charge in [0.1, 0.15) is 0 Å². The van der Waals surface area contributed by atoms with Crippen molar-refractivity contribution in [2.45, 2.75) is 32.7 Å². The van der Waals surface area contributed by atoms with Crippen LogP contribution in [0, 0.1) is 13.8 Å². The van der Waals surface area contributed by atoms with Gasteiger partial charge in [-0.3, -0.25) is 9.78 Å². The van der Waals surface area contributed by atoms with Crippen molar-refractivity contribution in [1.29, 1.82) is 0 Å². The molecule has 2 aromatic rings. The fourth-order valence-corrected chi connectivity index (χ4v) is 3.09. The molecule has 1 aromatic carbocycles. The van der Waals surface area contributed by atoms with Crippen LogP contribution < -0.4 is 5.73 Å². The minimum Gasteiger partial charge on any atom is -0.334 e. The molecule has 1 aliphatic rings. The Morgan fingerprint density at radius 2 is 2.19 bits per heavy atom. The molecule has 1 fully saturated rings. The van der Waals surface area contributed by atoms with Gasteiger partial charge in [-0.15, -0.1) is 0 Å². The maximum absolute atomic E-state index is 12.8.